The molecule has 0 fully saturated rings. The number of carboxylic acid groups (broad SMARTS) is 1. The predicted molar refractivity (Wildman–Crippen MR) is 82.0 cm³/mol. The normalized spacial score (nSPS) is 17.5. The van der Waals surface area contributed by atoms with Crippen molar-refractivity contribution in [3.05, 3.63) is 70.8 Å². The number of carboxylic acids is 1. The van der Waals surface area contributed by atoms with Crippen LogP contribution in [0, 0.1) is 11.3 Å². The van der Waals surface area contributed by atoms with Gasteiger partial charge in [0.05, 0.1) is 11.6 Å². The quantitative estimate of drug-likeness (QED) is 0.944. The molecular formula is C18H16N2O2. The Balaban J connectivity index is 1.84. The third-order valence-electron chi connectivity index (χ3n) is 4.10. The van der Waals surface area contributed by atoms with Crippen molar-refractivity contribution < 1.29 is 9.90 Å². The molecule has 4 nitrogen and oxygen atoms in total. The van der Waals surface area contributed by atoms with Crippen molar-refractivity contribution in [3.63, 3.8) is 0 Å². The highest BCUT2D eigenvalue weighted by molar-refractivity contribution is 5.74. The Labute approximate surface area is 129 Å². The van der Waals surface area contributed by atoms with Gasteiger partial charge >= 0.3 is 5.97 Å². The van der Waals surface area contributed by atoms with Crippen molar-refractivity contribution in [2.24, 2.45) is 0 Å². The number of hydrogen-bond donors (Lipinski definition) is 1. The second-order valence-corrected chi connectivity index (χ2v) is 5.54. The molecule has 0 bridgehead atoms. The van der Waals surface area contributed by atoms with E-state index < -0.39 is 12.0 Å². The van der Waals surface area contributed by atoms with Crippen molar-refractivity contribution in [1.29, 1.82) is 5.26 Å². The summed E-state index contributed by atoms with van der Waals surface area (Å²) in [5, 5.41) is 18.3. The van der Waals surface area contributed by atoms with Gasteiger partial charge in [0.15, 0.2) is 0 Å². The molecule has 0 amide bonds. The first-order chi connectivity index (χ1) is 10.7. The van der Waals surface area contributed by atoms with E-state index in [0.717, 1.165) is 11.1 Å². The van der Waals surface area contributed by atoms with Crippen LogP contribution in [0.3, 0.4) is 0 Å². The largest absolute Gasteiger partial charge is 0.480 e. The third kappa shape index (κ3) is 2.85. The molecule has 0 saturated carbocycles. The van der Waals surface area contributed by atoms with Gasteiger partial charge in [-0.1, -0.05) is 36.4 Å². The van der Waals surface area contributed by atoms with Crippen molar-refractivity contribution in [2.45, 2.75) is 25.6 Å². The molecule has 0 saturated heterocycles. The summed E-state index contributed by atoms with van der Waals surface area (Å²) in [6.07, 6.45) is 0.530. The zero-order valence-electron chi connectivity index (χ0n) is 12.1. The predicted octanol–water partition coefficient (Wildman–Crippen LogP) is 2.57. The Morgan fingerprint density at radius 1 is 1.18 bits per heavy atom. The molecule has 22 heavy (non-hydrogen) atoms. The average molecular weight is 292 g/mol. The minimum absolute atomic E-state index is 0.509. The van der Waals surface area contributed by atoms with E-state index in [2.05, 4.69) is 12.1 Å². The van der Waals surface area contributed by atoms with E-state index in [0.29, 0.717) is 25.1 Å². The highest BCUT2D eigenvalue weighted by Gasteiger charge is 2.31. The fourth-order valence-corrected chi connectivity index (χ4v) is 2.91. The summed E-state index contributed by atoms with van der Waals surface area (Å²) < 4.78 is 0. The molecule has 1 N–H and O–H groups in total. The topological polar surface area (TPSA) is 64.3 Å². The molecule has 2 aromatic rings. The Morgan fingerprint density at radius 2 is 1.86 bits per heavy atom. The van der Waals surface area contributed by atoms with Gasteiger partial charge in [0.25, 0.3) is 0 Å². The van der Waals surface area contributed by atoms with Crippen LogP contribution in [0.15, 0.2) is 48.5 Å². The summed E-state index contributed by atoms with van der Waals surface area (Å²) in [7, 11) is 0. The van der Waals surface area contributed by atoms with Crippen molar-refractivity contribution in [3.8, 4) is 6.07 Å². The number of carbonyl (C=O) groups is 1. The van der Waals surface area contributed by atoms with Crippen LogP contribution in [0.2, 0.25) is 0 Å². The number of nitrogens with zero attached hydrogens (tertiary/aromatic N) is 2. The monoisotopic (exact) mass is 292 g/mol. The maximum atomic E-state index is 11.6. The molecule has 1 atom stereocenters. The number of aliphatic carboxylic acids is 1. The van der Waals surface area contributed by atoms with E-state index in [1.165, 1.54) is 5.56 Å². The first-order valence-electron chi connectivity index (χ1n) is 7.20. The van der Waals surface area contributed by atoms with E-state index in [4.69, 9.17) is 5.26 Å². The number of hydrogen-bond acceptors (Lipinski definition) is 3. The molecule has 1 aliphatic heterocycles. The van der Waals surface area contributed by atoms with Crippen LogP contribution in [0.1, 0.15) is 22.3 Å². The van der Waals surface area contributed by atoms with Gasteiger partial charge in [-0.3, -0.25) is 9.69 Å². The van der Waals surface area contributed by atoms with Gasteiger partial charge in [-0.25, -0.2) is 0 Å². The zero-order chi connectivity index (χ0) is 15.5. The minimum atomic E-state index is -0.789. The van der Waals surface area contributed by atoms with Crippen LogP contribution in [-0.4, -0.2) is 22.0 Å². The number of benzene rings is 2. The second-order valence-electron chi connectivity index (χ2n) is 5.54. The van der Waals surface area contributed by atoms with Crippen LogP contribution in [0.25, 0.3) is 0 Å². The van der Waals surface area contributed by atoms with E-state index in [9.17, 15) is 9.90 Å². The van der Waals surface area contributed by atoms with Crippen LogP contribution in [0.4, 0.5) is 0 Å². The van der Waals surface area contributed by atoms with Crippen molar-refractivity contribution in [2.75, 3.05) is 0 Å². The second kappa shape index (κ2) is 6.00. The molecule has 0 spiro atoms. The smallest absolute Gasteiger partial charge is 0.321 e. The van der Waals surface area contributed by atoms with Gasteiger partial charge in [-0.05, 0) is 35.2 Å². The Hall–Kier alpha value is -2.64. The number of rotatable bonds is 3. The van der Waals surface area contributed by atoms with Gasteiger partial charge in [-0.15, -0.1) is 0 Å². The molecule has 0 aliphatic carbocycles. The molecular weight excluding hydrogens is 276 g/mol. The summed E-state index contributed by atoms with van der Waals surface area (Å²) in [5.41, 5.74) is 3.94. The van der Waals surface area contributed by atoms with Crippen LogP contribution in [0.5, 0.6) is 0 Å². The van der Waals surface area contributed by atoms with Gasteiger partial charge < -0.3 is 5.11 Å². The molecule has 0 aromatic heterocycles. The lowest BCUT2D eigenvalue weighted by Gasteiger charge is -2.34. The van der Waals surface area contributed by atoms with Crippen molar-refractivity contribution >= 4 is 5.97 Å². The van der Waals surface area contributed by atoms with Gasteiger partial charge in [-0.2, -0.15) is 5.26 Å². The van der Waals surface area contributed by atoms with Crippen LogP contribution in [-0.2, 0) is 24.3 Å². The Morgan fingerprint density at radius 3 is 2.50 bits per heavy atom. The molecule has 2 aromatic carbocycles. The Bertz CT molecular complexity index is 731. The molecule has 4 heteroatoms. The molecule has 3 rings (SSSR count). The maximum Gasteiger partial charge on any atom is 0.321 e. The SMILES string of the molecule is N#Cc1ccc(CN2Cc3ccccc3C[C@@H]2C(=O)O)cc1. The lowest BCUT2D eigenvalue weighted by molar-refractivity contribution is -0.144. The first kappa shape index (κ1) is 14.3. The fraction of sp³-hybridized carbons (Fsp3) is 0.222. The molecule has 1 heterocycles. The first-order valence-corrected chi connectivity index (χ1v) is 7.20. The third-order valence-corrected chi connectivity index (χ3v) is 4.10. The molecule has 0 radical (unpaired) electrons. The van der Waals surface area contributed by atoms with E-state index >= 15 is 0 Å². The standard InChI is InChI=1S/C18H16N2O2/c19-10-13-5-7-14(8-6-13)11-20-12-16-4-2-1-3-15(16)9-17(20)18(21)22/h1-8,17H,9,11-12H2,(H,21,22)/t17-/m1/s1. The number of nitriles is 1. The van der Waals surface area contributed by atoms with Gasteiger partial charge in [0, 0.05) is 13.1 Å². The van der Waals surface area contributed by atoms with Gasteiger partial charge in [0.2, 0.25) is 0 Å². The number of fused-ring (bicyclic) bond motifs is 1. The highest BCUT2D eigenvalue weighted by Crippen LogP contribution is 2.25. The highest BCUT2D eigenvalue weighted by atomic mass is 16.4. The molecule has 0 unspecified atom stereocenters. The fourth-order valence-electron chi connectivity index (χ4n) is 2.91. The summed E-state index contributed by atoms with van der Waals surface area (Å²) in [5.74, 6) is -0.789. The summed E-state index contributed by atoms with van der Waals surface area (Å²) in [6.45, 7) is 1.20. The van der Waals surface area contributed by atoms with Gasteiger partial charge in [0.1, 0.15) is 6.04 Å². The summed E-state index contributed by atoms with van der Waals surface area (Å²) in [6, 6.07) is 16.9. The van der Waals surface area contributed by atoms with E-state index in [1.54, 1.807) is 12.1 Å². The zero-order valence-corrected chi connectivity index (χ0v) is 12.1. The summed E-state index contributed by atoms with van der Waals surface area (Å²) >= 11 is 0. The minimum Gasteiger partial charge on any atom is -0.480 e. The lowest BCUT2D eigenvalue weighted by Crippen LogP contribution is -2.44. The maximum absolute atomic E-state index is 11.6. The summed E-state index contributed by atoms with van der Waals surface area (Å²) in [4.78, 5) is 13.6. The van der Waals surface area contributed by atoms with Crippen LogP contribution < -0.4 is 0 Å². The lowest BCUT2D eigenvalue weighted by atomic mass is 9.93. The van der Waals surface area contributed by atoms with E-state index in [1.807, 2.05) is 35.2 Å². The van der Waals surface area contributed by atoms with E-state index in [-0.39, 0.29) is 0 Å². The van der Waals surface area contributed by atoms with Crippen molar-refractivity contribution in [1.82, 2.24) is 4.90 Å². The van der Waals surface area contributed by atoms with Crippen LogP contribution >= 0.6 is 0 Å². The average Bonchev–Trinajstić information content (AvgIpc) is 2.54. The molecule has 110 valence electrons. The molecule has 1 aliphatic rings. The Kier molecular flexibility index (Phi) is 3.90.